The fraction of sp³-hybridized carbons (Fsp3) is 0.100. The van der Waals surface area contributed by atoms with Gasteiger partial charge in [0, 0.05) is 10.7 Å². The smallest absolute Gasteiger partial charge is 0.280 e. The van der Waals surface area contributed by atoms with Gasteiger partial charge in [-0.1, -0.05) is 23.7 Å². The van der Waals surface area contributed by atoms with E-state index in [4.69, 9.17) is 11.6 Å². The Morgan fingerprint density at radius 1 is 0.781 bits per heavy atom. The van der Waals surface area contributed by atoms with E-state index in [2.05, 4.69) is 9.44 Å². The van der Waals surface area contributed by atoms with Crippen molar-refractivity contribution in [2.24, 2.45) is 0 Å². The van der Waals surface area contributed by atoms with Gasteiger partial charge in [-0.25, -0.2) is 16.8 Å². The van der Waals surface area contributed by atoms with Crippen LogP contribution in [0.25, 0.3) is 0 Å². The molecule has 0 spiro atoms. The van der Waals surface area contributed by atoms with Gasteiger partial charge >= 0.3 is 6.18 Å². The summed E-state index contributed by atoms with van der Waals surface area (Å²) in [6.07, 6.45) is -4.70. The van der Waals surface area contributed by atoms with Gasteiger partial charge in [0.1, 0.15) is 0 Å². The second-order valence-electron chi connectivity index (χ2n) is 6.67. The van der Waals surface area contributed by atoms with Crippen molar-refractivity contribution in [1.29, 1.82) is 0 Å². The van der Waals surface area contributed by atoms with E-state index in [0.717, 1.165) is 30.3 Å². The zero-order chi connectivity index (χ0) is 23.7. The molecule has 6 nitrogen and oxygen atoms in total. The van der Waals surface area contributed by atoms with Crippen molar-refractivity contribution in [3.8, 4) is 0 Å². The van der Waals surface area contributed by atoms with Crippen LogP contribution in [0.4, 0.5) is 24.5 Å². The van der Waals surface area contributed by atoms with Gasteiger partial charge in [-0.2, -0.15) is 13.2 Å². The van der Waals surface area contributed by atoms with Crippen LogP contribution in [0.3, 0.4) is 0 Å². The van der Waals surface area contributed by atoms with Crippen LogP contribution in [0, 0.1) is 6.92 Å². The number of alkyl halides is 3. The van der Waals surface area contributed by atoms with Gasteiger partial charge in [0.15, 0.2) is 0 Å². The van der Waals surface area contributed by atoms with Crippen molar-refractivity contribution in [1.82, 2.24) is 0 Å². The van der Waals surface area contributed by atoms with E-state index in [1.54, 1.807) is 19.1 Å². The molecule has 0 aromatic heterocycles. The lowest BCUT2D eigenvalue weighted by Gasteiger charge is -2.13. The third-order valence-electron chi connectivity index (χ3n) is 4.40. The largest absolute Gasteiger partial charge is 0.416 e. The molecule has 3 aromatic rings. The minimum Gasteiger partial charge on any atom is -0.280 e. The molecule has 0 fully saturated rings. The number of anilines is 2. The molecule has 2 N–H and O–H groups in total. The van der Waals surface area contributed by atoms with Gasteiger partial charge in [0.05, 0.1) is 21.0 Å². The quantitative estimate of drug-likeness (QED) is 0.478. The second-order valence-corrected chi connectivity index (χ2v) is 10.4. The summed E-state index contributed by atoms with van der Waals surface area (Å²) in [4.78, 5) is -0.735. The Morgan fingerprint density at radius 3 is 2.00 bits per heavy atom. The molecule has 12 heteroatoms. The Labute approximate surface area is 188 Å². The van der Waals surface area contributed by atoms with Crippen molar-refractivity contribution in [3.63, 3.8) is 0 Å². The highest BCUT2D eigenvalue weighted by Crippen LogP contribution is 2.31. The zero-order valence-corrected chi connectivity index (χ0v) is 18.7. The van der Waals surface area contributed by atoms with Gasteiger partial charge in [0.25, 0.3) is 20.0 Å². The highest BCUT2D eigenvalue weighted by molar-refractivity contribution is 7.93. The Bertz CT molecular complexity index is 1360. The van der Waals surface area contributed by atoms with Crippen LogP contribution in [-0.4, -0.2) is 16.8 Å². The maximum atomic E-state index is 12.9. The summed E-state index contributed by atoms with van der Waals surface area (Å²) in [5.41, 5.74) is -0.320. The summed E-state index contributed by atoms with van der Waals surface area (Å²) in [6.45, 7) is 1.64. The van der Waals surface area contributed by atoms with Crippen LogP contribution in [0.15, 0.2) is 76.5 Å². The average molecular weight is 505 g/mol. The minimum atomic E-state index is -4.70. The Morgan fingerprint density at radius 2 is 1.38 bits per heavy atom. The summed E-state index contributed by atoms with van der Waals surface area (Å²) in [5, 5.41) is 0.379. The number of halogens is 4. The summed E-state index contributed by atoms with van der Waals surface area (Å²) in [7, 11) is -8.33. The Balaban J connectivity index is 1.82. The molecule has 0 amide bonds. The first-order valence-electron chi connectivity index (χ1n) is 8.88. The number of nitrogens with one attached hydrogen (secondary N) is 2. The van der Waals surface area contributed by atoms with Gasteiger partial charge in [-0.3, -0.25) is 9.44 Å². The molecule has 3 rings (SSSR count). The fourth-order valence-corrected chi connectivity index (χ4v) is 5.08. The van der Waals surface area contributed by atoms with E-state index in [1.165, 1.54) is 18.2 Å². The van der Waals surface area contributed by atoms with Crippen LogP contribution < -0.4 is 9.44 Å². The molecular weight excluding hydrogens is 489 g/mol. The SMILES string of the molecule is Cc1c(Cl)cccc1NS(=O)(=O)c1ccc(NS(=O)(=O)c2cccc(C(F)(F)F)c2)cc1. The summed E-state index contributed by atoms with van der Waals surface area (Å²) < 4.78 is 93.2. The molecule has 0 unspecified atom stereocenters. The maximum absolute atomic E-state index is 12.9. The zero-order valence-electron chi connectivity index (χ0n) is 16.3. The van der Waals surface area contributed by atoms with Crippen molar-refractivity contribution in [2.45, 2.75) is 22.9 Å². The molecule has 0 aliphatic heterocycles. The van der Waals surface area contributed by atoms with E-state index < -0.39 is 36.7 Å². The Kier molecular flexibility index (Phi) is 6.45. The van der Waals surface area contributed by atoms with E-state index in [9.17, 15) is 30.0 Å². The molecular formula is C20H16ClF3N2O4S2. The molecule has 170 valence electrons. The molecule has 0 aliphatic carbocycles. The van der Waals surface area contributed by atoms with Gasteiger partial charge in [-0.15, -0.1) is 0 Å². The molecule has 0 saturated carbocycles. The van der Waals surface area contributed by atoms with E-state index in [1.807, 2.05) is 0 Å². The van der Waals surface area contributed by atoms with Crippen molar-refractivity contribution >= 4 is 43.0 Å². The first-order chi connectivity index (χ1) is 14.8. The van der Waals surface area contributed by atoms with Crippen molar-refractivity contribution in [2.75, 3.05) is 9.44 Å². The van der Waals surface area contributed by atoms with Crippen LogP contribution in [0.2, 0.25) is 5.02 Å². The fourth-order valence-electron chi connectivity index (χ4n) is 2.68. The molecule has 0 heterocycles. The number of benzene rings is 3. The van der Waals surface area contributed by atoms with Crippen LogP contribution in [-0.2, 0) is 26.2 Å². The van der Waals surface area contributed by atoms with Crippen LogP contribution in [0.1, 0.15) is 11.1 Å². The highest BCUT2D eigenvalue weighted by atomic mass is 35.5. The third kappa shape index (κ3) is 5.34. The van der Waals surface area contributed by atoms with E-state index >= 15 is 0 Å². The normalized spacial score (nSPS) is 12.4. The van der Waals surface area contributed by atoms with Gasteiger partial charge in [-0.05, 0) is 67.1 Å². The number of hydrogen-bond donors (Lipinski definition) is 2. The van der Waals surface area contributed by atoms with E-state index in [0.29, 0.717) is 16.7 Å². The standard InChI is InChI=1S/C20H16ClF3N2O4S2/c1-13-18(21)6-3-7-19(13)26-31(27,28)16-10-8-15(9-11-16)25-32(29,30)17-5-2-4-14(12-17)20(22,23)24/h2-12,25-26H,1H3. The molecule has 32 heavy (non-hydrogen) atoms. The summed E-state index contributed by atoms with van der Waals surface area (Å²) in [5.74, 6) is 0. The third-order valence-corrected chi connectivity index (χ3v) is 7.57. The first-order valence-corrected chi connectivity index (χ1v) is 12.2. The van der Waals surface area contributed by atoms with Crippen molar-refractivity contribution in [3.05, 3.63) is 82.9 Å². The summed E-state index contributed by atoms with van der Waals surface area (Å²) >= 11 is 5.99. The number of hydrogen-bond acceptors (Lipinski definition) is 4. The molecule has 3 aromatic carbocycles. The topological polar surface area (TPSA) is 92.3 Å². The maximum Gasteiger partial charge on any atom is 0.416 e. The number of sulfonamides is 2. The monoisotopic (exact) mass is 504 g/mol. The lowest BCUT2D eigenvalue weighted by atomic mass is 10.2. The Hall–Kier alpha value is -2.76. The van der Waals surface area contributed by atoms with Crippen LogP contribution in [0.5, 0.6) is 0 Å². The predicted molar refractivity (Wildman–Crippen MR) is 116 cm³/mol. The average Bonchev–Trinajstić information content (AvgIpc) is 2.71. The lowest BCUT2D eigenvalue weighted by Crippen LogP contribution is -2.16. The highest BCUT2D eigenvalue weighted by Gasteiger charge is 2.31. The molecule has 0 saturated heterocycles. The molecule has 0 radical (unpaired) electrons. The second kappa shape index (κ2) is 8.64. The minimum absolute atomic E-state index is 0.0275. The summed E-state index contributed by atoms with van der Waals surface area (Å²) in [6, 6.07) is 12.7. The lowest BCUT2D eigenvalue weighted by molar-refractivity contribution is -0.137. The molecule has 0 bridgehead atoms. The predicted octanol–water partition coefficient (Wildman–Crippen LogP) is 5.27. The number of rotatable bonds is 6. The molecule has 0 aliphatic rings. The molecule has 0 atom stereocenters. The van der Waals surface area contributed by atoms with Gasteiger partial charge < -0.3 is 0 Å². The first kappa shape index (κ1) is 23.9. The van der Waals surface area contributed by atoms with Crippen molar-refractivity contribution < 1.29 is 30.0 Å². The van der Waals surface area contributed by atoms with Crippen LogP contribution >= 0.6 is 11.6 Å². The van der Waals surface area contributed by atoms with Gasteiger partial charge in [0.2, 0.25) is 0 Å². The van der Waals surface area contributed by atoms with E-state index in [-0.39, 0.29) is 16.3 Å².